The topological polar surface area (TPSA) is 46.5 Å². The maximum Gasteiger partial charge on any atom is 0.309 e. The Balaban J connectivity index is 1.60. The van der Waals surface area contributed by atoms with E-state index in [4.69, 9.17) is 21.4 Å². The highest BCUT2D eigenvalue weighted by atomic mass is 79.9. The molecular weight excluding hydrogens is 319 g/mol. The van der Waals surface area contributed by atoms with Crippen LogP contribution in [-0.2, 0) is 4.79 Å². The Hall–Kier alpha value is -0.740. The van der Waals surface area contributed by atoms with Gasteiger partial charge in [-0.3, -0.25) is 4.79 Å². The summed E-state index contributed by atoms with van der Waals surface area (Å²) in [6, 6.07) is 5.39. The fourth-order valence-corrected chi connectivity index (χ4v) is 4.00. The van der Waals surface area contributed by atoms with Gasteiger partial charge in [-0.15, -0.1) is 0 Å². The van der Waals surface area contributed by atoms with Crippen LogP contribution in [0.2, 0.25) is 5.02 Å². The van der Waals surface area contributed by atoms with Crippen LogP contribution in [0.1, 0.15) is 19.3 Å². The average Bonchev–Trinajstić information content (AvgIpc) is 2.16. The summed E-state index contributed by atoms with van der Waals surface area (Å²) in [6.45, 7) is 0.586. The molecule has 1 aromatic rings. The fraction of sp³-hybridized carbons (Fsp3) is 0.462. The second-order valence-corrected chi connectivity index (χ2v) is 6.77. The molecule has 0 radical (unpaired) electrons. The van der Waals surface area contributed by atoms with Crippen LogP contribution in [0, 0.1) is 10.8 Å². The molecule has 5 heteroatoms. The Morgan fingerprint density at radius 3 is 2.67 bits per heavy atom. The molecule has 0 heterocycles. The molecule has 0 aromatic heterocycles. The summed E-state index contributed by atoms with van der Waals surface area (Å²) < 4.78 is 6.59. The van der Waals surface area contributed by atoms with Crippen molar-refractivity contribution in [3.8, 4) is 5.75 Å². The summed E-state index contributed by atoms with van der Waals surface area (Å²) in [5, 5.41) is 9.70. The highest BCUT2D eigenvalue weighted by Crippen LogP contribution is 2.73. The Kier molecular flexibility index (Phi) is 2.65. The van der Waals surface area contributed by atoms with Crippen molar-refractivity contribution in [2.75, 3.05) is 6.61 Å². The number of rotatable bonds is 4. The largest absolute Gasteiger partial charge is 0.492 e. The molecule has 0 spiro atoms. The van der Waals surface area contributed by atoms with Crippen molar-refractivity contribution in [3.63, 3.8) is 0 Å². The summed E-state index contributed by atoms with van der Waals surface area (Å²) >= 11 is 9.25. The van der Waals surface area contributed by atoms with E-state index in [-0.39, 0.29) is 5.41 Å². The van der Waals surface area contributed by atoms with Gasteiger partial charge in [-0.2, -0.15) is 0 Å². The lowest BCUT2D eigenvalue weighted by Gasteiger charge is -2.67. The predicted octanol–water partition coefficient (Wildman–Crippen LogP) is 3.74. The van der Waals surface area contributed by atoms with Gasteiger partial charge >= 0.3 is 5.97 Å². The minimum absolute atomic E-state index is 0.0947. The van der Waals surface area contributed by atoms with Crippen LogP contribution in [0.5, 0.6) is 5.75 Å². The number of carboxylic acids is 1. The number of carboxylic acid groups (broad SMARTS) is 1. The van der Waals surface area contributed by atoms with Crippen molar-refractivity contribution in [1.82, 2.24) is 0 Å². The standard InChI is InChI=1S/C13H12BrClO3/c14-9-3-8(15)1-2-10(9)18-7-12-4-13(5-12,6-12)11(16)17/h1-3H,4-7H2,(H,16,17). The van der Waals surface area contributed by atoms with Gasteiger partial charge in [0, 0.05) is 10.4 Å². The van der Waals surface area contributed by atoms with Crippen LogP contribution in [0.15, 0.2) is 22.7 Å². The molecule has 0 saturated heterocycles. The van der Waals surface area contributed by atoms with Crippen molar-refractivity contribution in [2.24, 2.45) is 10.8 Å². The lowest BCUT2D eigenvalue weighted by Crippen LogP contribution is -2.67. The highest BCUT2D eigenvalue weighted by molar-refractivity contribution is 9.10. The summed E-state index contributed by atoms with van der Waals surface area (Å²) in [5.41, 5.74) is -0.335. The molecule has 2 bridgehead atoms. The third kappa shape index (κ3) is 1.74. The summed E-state index contributed by atoms with van der Waals surface area (Å²) in [5.74, 6) is 0.102. The fourth-order valence-electron chi connectivity index (χ4n) is 3.20. The third-order valence-electron chi connectivity index (χ3n) is 4.02. The molecule has 3 aliphatic rings. The van der Waals surface area contributed by atoms with E-state index in [1.807, 2.05) is 6.07 Å². The number of aliphatic carboxylic acids is 1. The molecule has 96 valence electrons. The molecule has 3 saturated carbocycles. The van der Waals surface area contributed by atoms with Crippen LogP contribution >= 0.6 is 27.5 Å². The smallest absolute Gasteiger partial charge is 0.309 e. The SMILES string of the molecule is O=C(O)C12CC(COc3ccc(Cl)cc3Br)(C1)C2. The van der Waals surface area contributed by atoms with Crippen LogP contribution in [-0.4, -0.2) is 17.7 Å². The molecule has 0 amide bonds. The van der Waals surface area contributed by atoms with Gasteiger partial charge in [0.2, 0.25) is 0 Å². The molecule has 0 aliphatic heterocycles. The number of benzene rings is 1. The van der Waals surface area contributed by atoms with E-state index in [9.17, 15) is 4.79 Å². The minimum Gasteiger partial charge on any atom is -0.492 e. The van der Waals surface area contributed by atoms with Crippen LogP contribution in [0.25, 0.3) is 0 Å². The van der Waals surface area contributed by atoms with Gasteiger partial charge in [-0.05, 0) is 53.4 Å². The number of hydrogen-bond donors (Lipinski definition) is 1. The first-order valence-corrected chi connectivity index (χ1v) is 6.93. The number of carbonyl (C=O) groups is 1. The molecule has 18 heavy (non-hydrogen) atoms. The van der Waals surface area contributed by atoms with E-state index in [1.165, 1.54) is 0 Å². The first kappa shape index (κ1) is 12.3. The Morgan fingerprint density at radius 1 is 1.44 bits per heavy atom. The second kappa shape index (κ2) is 3.87. The average molecular weight is 332 g/mol. The number of ether oxygens (including phenoxy) is 1. The molecule has 0 atom stereocenters. The summed E-state index contributed by atoms with van der Waals surface area (Å²) in [6.07, 6.45) is 2.25. The van der Waals surface area contributed by atoms with Gasteiger partial charge < -0.3 is 9.84 Å². The van der Waals surface area contributed by atoms with Gasteiger partial charge in [0.15, 0.2) is 0 Å². The maximum absolute atomic E-state index is 11.0. The molecule has 3 nitrogen and oxygen atoms in total. The van der Waals surface area contributed by atoms with Crippen molar-refractivity contribution < 1.29 is 14.6 Å². The van der Waals surface area contributed by atoms with Crippen molar-refractivity contribution in [3.05, 3.63) is 27.7 Å². The second-order valence-electron chi connectivity index (χ2n) is 5.48. The summed E-state index contributed by atoms with van der Waals surface area (Å²) in [4.78, 5) is 11.0. The molecule has 1 aromatic carbocycles. The Bertz CT molecular complexity index is 509. The van der Waals surface area contributed by atoms with Crippen LogP contribution < -0.4 is 4.74 Å². The van der Waals surface area contributed by atoms with E-state index >= 15 is 0 Å². The van der Waals surface area contributed by atoms with E-state index in [2.05, 4.69) is 15.9 Å². The highest BCUT2D eigenvalue weighted by Gasteiger charge is 2.72. The maximum atomic E-state index is 11.0. The normalized spacial score (nSPS) is 32.3. The van der Waals surface area contributed by atoms with E-state index in [1.54, 1.807) is 12.1 Å². The van der Waals surface area contributed by atoms with E-state index in [0.29, 0.717) is 11.6 Å². The minimum atomic E-state index is -0.656. The zero-order valence-corrected chi connectivity index (χ0v) is 11.9. The van der Waals surface area contributed by atoms with Gasteiger partial charge in [-0.1, -0.05) is 11.6 Å². The first-order chi connectivity index (χ1) is 8.45. The predicted molar refractivity (Wildman–Crippen MR) is 71.0 cm³/mol. The first-order valence-electron chi connectivity index (χ1n) is 5.76. The van der Waals surface area contributed by atoms with Crippen LogP contribution in [0.4, 0.5) is 0 Å². The molecule has 3 aliphatic carbocycles. The van der Waals surface area contributed by atoms with Crippen molar-refractivity contribution in [2.45, 2.75) is 19.3 Å². The molecule has 4 rings (SSSR count). The zero-order valence-electron chi connectivity index (χ0n) is 9.58. The van der Waals surface area contributed by atoms with Gasteiger partial charge in [0.05, 0.1) is 16.5 Å². The quantitative estimate of drug-likeness (QED) is 0.914. The molecule has 0 unspecified atom stereocenters. The van der Waals surface area contributed by atoms with E-state index < -0.39 is 11.4 Å². The van der Waals surface area contributed by atoms with Gasteiger partial charge in [0.25, 0.3) is 0 Å². The molecular formula is C13H12BrClO3. The van der Waals surface area contributed by atoms with Crippen molar-refractivity contribution >= 4 is 33.5 Å². The van der Waals surface area contributed by atoms with Crippen LogP contribution in [0.3, 0.4) is 0 Å². The van der Waals surface area contributed by atoms with E-state index in [0.717, 1.165) is 29.5 Å². The number of hydrogen-bond acceptors (Lipinski definition) is 2. The molecule has 3 fully saturated rings. The van der Waals surface area contributed by atoms with Crippen molar-refractivity contribution in [1.29, 1.82) is 0 Å². The Morgan fingerprint density at radius 2 is 2.11 bits per heavy atom. The lowest BCUT2D eigenvalue weighted by molar-refractivity contribution is -0.231. The number of halogens is 2. The van der Waals surface area contributed by atoms with Gasteiger partial charge in [-0.25, -0.2) is 0 Å². The Labute approximate surface area is 118 Å². The zero-order chi connectivity index (χ0) is 13.0. The summed E-state index contributed by atoms with van der Waals surface area (Å²) in [7, 11) is 0. The van der Waals surface area contributed by atoms with Gasteiger partial charge in [0.1, 0.15) is 5.75 Å². The third-order valence-corrected chi connectivity index (χ3v) is 4.88. The molecule has 1 N–H and O–H groups in total. The lowest BCUT2D eigenvalue weighted by atomic mass is 9.35. The monoisotopic (exact) mass is 330 g/mol.